The van der Waals surface area contributed by atoms with Crippen LogP contribution in [0.5, 0.6) is 0 Å². The number of hydrogen-bond donors (Lipinski definition) is 1. The Morgan fingerprint density at radius 3 is 2.70 bits per heavy atom. The minimum Gasteiger partial charge on any atom is -0.355 e. The van der Waals surface area contributed by atoms with Crippen molar-refractivity contribution in [3.8, 4) is 0 Å². The first-order valence-corrected chi connectivity index (χ1v) is 7.27. The third-order valence-electron chi connectivity index (χ3n) is 3.16. The Hall–Kier alpha value is -1.56. The monoisotopic (exact) mass is 297 g/mol. The van der Waals surface area contributed by atoms with Crippen molar-refractivity contribution in [2.45, 2.75) is 46.2 Å². The Morgan fingerprint density at radius 1 is 1.45 bits per heavy atom. The number of fused-ring (bicyclic) bond motifs is 1. The van der Waals surface area contributed by atoms with E-state index in [1.165, 1.54) is 0 Å². The van der Waals surface area contributed by atoms with Gasteiger partial charge in [-0.2, -0.15) is 5.10 Å². The standard InChI is InChI=1S/C13H20ClN5O/c1-5-15-10(20)7-18-12(8(3)14)16-11-9(4)17-19(6-2)13(11)18/h8H,5-7H2,1-4H3,(H,15,20). The molecule has 1 N–H and O–H groups in total. The van der Waals surface area contributed by atoms with Gasteiger partial charge >= 0.3 is 0 Å². The lowest BCUT2D eigenvalue weighted by atomic mass is 10.4. The number of hydrogen-bond acceptors (Lipinski definition) is 3. The number of likely N-dealkylation sites (N-methyl/N-ethyl adjacent to an activating group) is 1. The number of halogens is 1. The van der Waals surface area contributed by atoms with E-state index in [0.29, 0.717) is 12.4 Å². The van der Waals surface area contributed by atoms with Gasteiger partial charge in [0.2, 0.25) is 5.91 Å². The van der Waals surface area contributed by atoms with Crippen LogP contribution < -0.4 is 5.32 Å². The van der Waals surface area contributed by atoms with Crippen molar-refractivity contribution in [3.05, 3.63) is 11.5 Å². The fourth-order valence-corrected chi connectivity index (χ4v) is 2.48. The third-order valence-corrected chi connectivity index (χ3v) is 3.35. The Bertz CT molecular complexity index is 628. The van der Waals surface area contributed by atoms with Crippen molar-refractivity contribution in [1.82, 2.24) is 24.6 Å². The molecule has 6 nitrogen and oxygen atoms in total. The largest absolute Gasteiger partial charge is 0.355 e. The molecule has 2 heterocycles. The maximum atomic E-state index is 11.9. The van der Waals surface area contributed by atoms with Gasteiger partial charge in [-0.1, -0.05) is 0 Å². The van der Waals surface area contributed by atoms with E-state index in [-0.39, 0.29) is 17.8 Å². The normalized spacial score (nSPS) is 12.8. The van der Waals surface area contributed by atoms with Crippen molar-refractivity contribution in [1.29, 1.82) is 0 Å². The van der Waals surface area contributed by atoms with Gasteiger partial charge in [0.1, 0.15) is 17.9 Å². The molecule has 1 amide bonds. The Morgan fingerprint density at radius 2 is 2.15 bits per heavy atom. The highest BCUT2D eigenvalue weighted by Crippen LogP contribution is 2.26. The summed E-state index contributed by atoms with van der Waals surface area (Å²) in [4.78, 5) is 16.5. The predicted octanol–water partition coefficient (Wildman–Crippen LogP) is 2.00. The minimum atomic E-state index is -0.262. The zero-order valence-corrected chi connectivity index (χ0v) is 13.0. The van der Waals surface area contributed by atoms with Gasteiger partial charge in [0, 0.05) is 13.1 Å². The summed E-state index contributed by atoms with van der Waals surface area (Å²) >= 11 is 6.20. The van der Waals surface area contributed by atoms with E-state index in [2.05, 4.69) is 15.4 Å². The zero-order chi connectivity index (χ0) is 14.9. The smallest absolute Gasteiger partial charge is 0.240 e. The molecule has 0 aliphatic rings. The lowest BCUT2D eigenvalue weighted by Gasteiger charge is -2.11. The summed E-state index contributed by atoms with van der Waals surface area (Å²) in [5.74, 6) is 0.655. The number of alkyl halides is 1. The van der Waals surface area contributed by atoms with E-state index in [1.54, 1.807) is 0 Å². The SMILES string of the molecule is CCNC(=O)Cn1c(C(C)Cl)nc2c(C)nn(CC)c21. The van der Waals surface area contributed by atoms with E-state index in [1.807, 2.05) is 36.9 Å². The van der Waals surface area contributed by atoms with Gasteiger partial charge in [-0.25, -0.2) is 9.67 Å². The summed E-state index contributed by atoms with van der Waals surface area (Å²) in [6.45, 7) is 9.22. The topological polar surface area (TPSA) is 64.7 Å². The molecule has 2 aromatic rings. The molecule has 0 radical (unpaired) electrons. The summed E-state index contributed by atoms with van der Waals surface area (Å²) in [6, 6.07) is 0. The van der Waals surface area contributed by atoms with Crippen LogP contribution in [0.1, 0.15) is 37.7 Å². The molecule has 1 unspecified atom stereocenters. The quantitative estimate of drug-likeness (QED) is 0.859. The van der Waals surface area contributed by atoms with Crippen LogP contribution in [0, 0.1) is 6.92 Å². The number of imidazole rings is 1. The van der Waals surface area contributed by atoms with E-state index in [9.17, 15) is 4.79 Å². The van der Waals surface area contributed by atoms with Gasteiger partial charge in [0.15, 0.2) is 5.65 Å². The first-order chi connectivity index (χ1) is 9.49. The second-order valence-corrected chi connectivity index (χ2v) is 5.35. The Kier molecular flexibility index (Phi) is 4.32. The maximum absolute atomic E-state index is 11.9. The molecule has 110 valence electrons. The summed E-state index contributed by atoms with van der Waals surface area (Å²) < 4.78 is 3.72. The van der Waals surface area contributed by atoms with Crippen LogP contribution in [0.25, 0.3) is 11.2 Å². The third kappa shape index (κ3) is 2.52. The van der Waals surface area contributed by atoms with Gasteiger partial charge in [-0.3, -0.25) is 4.79 Å². The average molecular weight is 298 g/mol. The second-order valence-electron chi connectivity index (χ2n) is 4.70. The fourth-order valence-electron chi connectivity index (χ4n) is 2.32. The first kappa shape index (κ1) is 14.8. The van der Waals surface area contributed by atoms with E-state index < -0.39 is 0 Å². The predicted molar refractivity (Wildman–Crippen MR) is 78.9 cm³/mol. The first-order valence-electron chi connectivity index (χ1n) is 6.83. The molecule has 20 heavy (non-hydrogen) atoms. The molecule has 0 aliphatic carbocycles. The Labute approximate surface area is 123 Å². The van der Waals surface area contributed by atoms with E-state index in [4.69, 9.17) is 11.6 Å². The molecular formula is C13H20ClN5O. The number of aromatic nitrogens is 4. The highest BCUT2D eigenvalue weighted by Gasteiger charge is 2.22. The minimum absolute atomic E-state index is 0.0492. The molecule has 0 saturated carbocycles. The molecule has 0 spiro atoms. The highest BCUT2D eigenvalue weighted by molar-refractivity contribution is 6.20. The lowest BCUT2D eigenvalue weighted by molar-refractivity contribution is -0.121. The molecule has 1 atom stereocenters. The number of carbonyl (C=O) groups excluding carboxylic acids is 1. The van der Waals surface area contributed by atoms with Crippen LogP contribution in [0.4, 0.5) is 0 Å². The molecule has 2 rings (SSSR count). The Balaban J connectivity index is 2.57. The van der Waals surface area contributed by atoms with Gasteiger partial charge < -0.3 is 9.88 Å². The molecule has 0 aromatic carbocycles. The molecule has 0 bridgehead atoms. The van der Waals surface area contributed by atoms with Crippen molar-refractivity contribution in [3.63, 3.8) is 0 Å². The maximum Gasteiger partial charge on any atom is 0.240 e. The summed E-state index contributed by atoms with van der Waals surface area (Å²) in [6.07, 6.45) is 0. The van der Waals surface area contributed by atoms with Crippen LogP contribution in [-0.4, -0.2) is 31.8 Å². The summed E-state index contributed by atoms with van der Waals surface area (Å²) in [7, 11) is 0. The number of nitrogens with one attached hydrogen (secondary N) is 1. The number of amides is 1. The summed E-state index contributed by atoms with van der Waals surface area (Å²) in [5, 5.41) is 6.98. The van der Waals surface area contributed by atoms with Crippen LogP contribution in [-0.2, 0) is 17.9 Å². The van der Waals surface area contributed by atoms with Crippen molar-refractivity contribution in [2.75, 3.05) is 6.54 Å². The van der Waals surface area contributed by atoms with Crippen molar-refractivity contribution >= 4 is 28.7 Å². The number of rotatable bonds is 5. The number of aryl methyl sites for hydroxylation is 2. The zero-order valence-electron chi connectivity index (χ0n) is 12.3. The van der Waals surface area contributed by atoms with Gasteiger partial charge in [-0.15, -0.1) is 11.6 Å². The number of nitrogens with zero attached hydrogens (tertiary/aromatic N) is 4. The van der Waals surface area contributed by atoms with Crippen LogP contribution in [0.15, 0.2) is 0 Å². The summed E-state index contributed by atoms with van der Waals surface area (Å²) in [5.41, 5.74) is 2.53. The highest BCUT2D eigenvalue weighted by atomic mass is 35.5. The lowest BCUT2D eigenvalue weighted by Crippen LogP contribution is -2.28. The molecule has 0 fully saturated rings. The molecular weight excluding hydrogens is 278 g/mol. The van der Waals surface area contributed by atoms with Crippen LogP contribution in [0.3, 0.4) is 0 Å². The van der Waals surface area contributed by atoms with Gasteiger partial charge in [0.25, 0.3) is 0 Å². The number of carbonyl (C=O) groups is 1. The van der Waals surface area contributed by atoms with Crippen LogP contribution in [0.2, 0.25) is 0 Å². The molecule has 0 saturated heterocycles. The molecule has 2 aromatic heterocycles. The fraction of sp³-hybridized carbons (Fsp3) is 0.615. The van der Waals surface area contributed by atoms with Crippen LogP contribution >= 0.6 is 11.6 Å². The molecule has 0 aliphatic heterocycles. The second kappa shape index (κ2) is 5.83. The van der Waals surface area contributed by atoms with Gasteiger partial charge in [-0.05, 0) is 27.7 Å². The van der Waals surface area contributed by atoms with Crippen molar-refractivity contribution < 1.29 is 4.79 Å². The average Bonchev–Trinajstić information content (AvgIpc) is 2.89. The van der Waals surface area contributed by atoms with Crippen molar-refractivity contribution in [2.24, 2.45) is 0 Å². The van der Waals surface area contributed by atoms with E-state index in [0.717, 1.165) is 23.4 Å². The van der Waals surface area contributed by atoms with E-state index >= 15 is 0 Å². The van der Waals surface area contributed by atoms with Gasteiger partial charge in [0.05, 0.1) is 11.1 Å². The molecule has 7 heteroatoms.